The Morgan fingerprint density at radius 1 is 0.953 bits per heavy atom. The van der Waals surface area contributed by atoms with Crippen molar-refractivity contribution in [3.05, 3.63) is 83.7 Å². The summed E-state index contributed by atoms with van der Waals surface area (Å²) in [6.45, 7) is 6.22. The van der Waals surface area contributed by atoms with Crippen molar-refractivity contribution >= 4 is 23.5 Å². The van der Waals surface area contributed by atoms with Crippen molar-refractivity contribution in [1.82, 2.24) is 14.9 Å². The van der Waals surface area contributed by atoms with E-state index in [0.717, 1.165) is 55.4 Å². The second-order valence-electron chi connectivity index (χ2n) is 11.1. The number of carboxylic acids is 1. The Bertz CT molecular complexity index is 1350. The van der Waals surface area contributed by atoms with Crippen molar-refractivity contribution in [2.75, 3.05) is 42.9 Å². The largest absolute Gasteiger partial charge is 0.481 e. The van der Waals surface area contributed by atoms with Crippen molar-refractivity contribution < 1.29 is 29.3 Å². The van der Waals surface area contributed by atoms with Crippen LogP contribution in [0, 0.1) is 5.92 Å². The van der Waals surface area contributed by atoms with E-state index < -0.39 is 12.3 Å². The summed E-state index contributed by atoms with van der Waals surface area (Å²) < 4.78 is 13.2. The van der Waals surface area contributed by atoms with Gasteiger partial charge in [-0.05, 0) is 35.7 Å². The molecule has 1 amide bonds. The summed E-state index contributed by atoms with van der Waals surface area (Å²) in [5, 5.41) is 21.2. The Balaban J connectivity index is 1.30. The van der Waals surface area contributed by atoms with E-state index in [2.05, 4.69) is 32.0 Å². The first-order chi connectivity index (χ1) is 20.9. The van der Waals surface area contributed by atoms with Crippen LogP contribution in [0.25, 0.3) is 0 Å². The molecule has 0 spiro atoms. The normalized spacial score (nSPS) is 22.7. The number of carboxylic acid groups (broad SMARTS) is 1. The average Bonchev–Trinajstić information content (AvgIpc) is 3.03. The number of carbonyl (C=O) groups excluding carboxylic acids is 1. The van der Waals surface area contributed by atoms with E-state index in [4.69, 9.17) is 14.6 Å². The number of aromatic nitrogens is 2. The highest BCUT2D eigenvalue weighted by Gasteiger charge is 2.39. The van der Waals surface area contributed by atoms with Gasteiger partial charge in [0, 0.05) is 75.1 Å². The van der Waals surface area contributed by atoms with Gasteiger partial charge in [0.1, 0.15) is 0 Å². The third-order valence-electron chi connectivity index (χ3n) is 8.01. The summed E-state index contributed by atoms with van der Waals surface area (Å²) in [5.74, 6) is -0.364. The number of aliphatic carboxylic acids is 1. The number of aliphatic hydroxyl groups excluding tert-OH is 1. The fourth-order valence-electron chi connectivity index (χ4n) is 5.55. The molecule has 2 aromatic carbocycles. The third kappa shape index (κ3) is 8.14. The third-order valence-corrected chi connectivity index (χ3v) is 8.01. The maximum Gasteiger partial charge on any atom is 0.303 e. The van der Waals surface area contributed by atoms with Gasteiger partial charge >= 0.3 is 5.97 Å². The molecule has 3 N–H and O–H groups in total. The van der Waals surface area contributed by atoms with Gasteiger partial charge in [-0.15, -0.1) is 0 Å². The van der Waals surface area contributed by atoms with E-state index in [1.807, 2.05) is 48.5 Å². The first kappa shape index (κ1) is 30.6. The van der Waals surface area contributed by atoms with Gasteiger partial charge in [0.2, 0.25) is 11.9 Å². The molecule has 2 aliphatic heterocycles. The number of aliphatic hydroxyl groups is 1. The number of benzene rings is 2. The number of anilines is 2. The molecule has 4 atom stereocenters. The van der Waals surface area contributed by atoms with Crippen LogP contribution in [0.5, 0.6) is 0 Å². The fraction of sp³-hybridized carbons (Fsp3) is 0.438. The number of nitrogens with one attached hydrogen (secondary N) is 1. The smallest absolute Gasteiger partial charge is 0.303 e. The van der Waals surface area contributed by atoms with Gasteiger partial charge in [-0.25, -0.2) is 9.97 Å². The zero-order chi connectivity index (χ0) is 30.2. The zero-order valence-corrected chi connectivity index (χ0v) is 24.3. The summed E-state index contributed by atoms with van der Waals surface area (Å²) in [5.41, 5.74) is 3.23. The highest BCUT2D eigenvalue weighted by atomic mass is 16.7. The molecule has 11 nitrogen and oxygen atoms in total. The van der Waals surface area contributed by atoms with Crippen molar-refractivity contribution in [2.45, 2.75) is 51.3 Å². The number of rotatable bonds is 11. The molecule has 228 valence electrons. The molecule has 2 aliphatic rings. The van der Waals surface area contributed by atoms with Crippen molar-refractivity contribution in [1.29, 1.82) is 0 Å². The Labute approximate surface area is 251 Å². The average molecular weight is 590 g/mol. The molecule has 0 aliphatic carbocycles. The first-order valence-electron chi connectivity index (χ1n) is 14.8. The summed E-state index contributed by atoms with van der Waals surface area (Å²) in [7, 11) is 0. The number of ether oxygens (including phenoxy) is 2. The summed E-state index contributed by atoms with van der Waals surface area (Å²) >= 11 is 0. The van der Waals surface area contributed by atoms with Gasteiger partial charge in [0.05, 0.1) is 18.8 Å². The van der Waals surface area contributed by atoms with Crippen LogP contribution in [0.15, 0.2) is 67.0 Å². The number of nitrogens with zero attached hydrogens (tertiary/aromatic N) is 4. The van der Waals surface area contributed by atoms with E-state index in [1.54, 1.807) is 18.5 Å². The Kier molecular flexibility index (Phi) is 10.3. The Hall–Kier alpha value is -3.90. The summed E-state index contributed by atoms with van der Waals surface area (Å²) in [6, 6.07) is 17.0. The first-order valence-corrected chi connectivity index (χ1v) is 14.8. The number of piperazine rings is 1. The molecular formula is C32H39N5O6. The molecular weight excluding hydrogens is 550 g/mol. The molecule has 43 heavy (non-hydrogen) atoms. The Morgan fingerprint density at radius 3 is 2.40 bits per heavy atom. The minimum atomic E-state index is -0.919. The lowest BCUT2D eigenvalue weighted by Crippen LogP contribution is -2.51. The molecule has 0 bridgehead atoms. The number of carbonyl (C=O) groups is 2. The summed E-state index contributed by atoms with van der Waals surface area (Å²) in [6.07, 6.45) is 2.85. The van der Waals surface area contributed by atoms with Crippen LogP contribution in [-0.4, -0.2) is 75.8 Å². The number of hydrogen-bond donors (Lipinski definition) is 3. The highest BCUT2D eigenvalue weighted by Crippen LogP contribution is 2.42. The van der Waals surface area contributed by atoms with Crippen LogP contribution in [0.3, 0.4) is 0 Å². The Morgan fingerprint density at radius 2 is 1.70 bits per heavy atom. The van der Waals surface area contributed by atoms with Gasteiger partial charge in [0.25, 0.3) is 0 Å². The van der Waals surface area contributed by atoms with Crippen LogP contribution < -0.4 is 10.2 Å². The van der Waals surface area contributed by atoms with Crippen LogP contribution in [-0.2, 0) is 25.7 Å². The fourth-order valence-corrected chi connectivity index (χ4v) is 5.55. The molecule has 11 heteroatoms. The van der Waals surface area contributed by atoms with E-state index in [1.165, 1.54) is 0 Å². The van der Waals surface area contributed by atoms with E-state index in [0.29, 0.717) is 5.69 Å². The maximum atomic E-state index is 12.4. The molecule has 2 fully saturated rings. The topological polar surface area (TPSA) is 137 Å². The molecule has 5 rings (SSSR count). The monoisotopic (exact) mass is 589 g/mol. The van der Waals surface area contributed by atoms with Gasteiger partial charge < -0.3 is 29.9 Å². The van der Waals surface area contributed by atoms with Crippen LogP contribution in [0.2, 0.25) is 0 Å². The maximum absolute atomic E-state index is 12.4. The minimum absolute atomic E-state index is 0.0233. The van der Waals surface area contributed by atoms with Crippen LogP contribution >= 0.6 is 0 Å². The second kappa shape index (κ2) is 14.5. The SMILES string of the molecule is CC1C(CN2CCN(c3ncccn3)CC2)OC(c2cccc(NC(=O)CCCC(=O)O)c2)OC1c1ccc(CO)cc1. The predicted octanol–water partition coefficient (Wildman–Crippen LogP) is 3.78. The van der Waals surface area contributed by atoms with Crippen LogP contribution in [0.1, 0.15) is 55.3 Å². The molecule has 2 saturated heterocycles. The summed E-state index contributed by atoms with van der Waals surface area (Å²) in [4.78, 5) is 36.6. The molecule has 0 radical (unpaired) electrons. The molecule has 3 heterocycles. The quantitative estimate of drug-likeness (QED) is 0.303. The van der Waals surface area contributed by atoms with E-state index >= 15 is 0 Å². The standard InChI is InChI=1S/C32H39N5O6/c1-22-27(20-36-15-17-37(18-16-36)32-33-13-4-14-34-32)42-31(43-30(22)24-11-9-23(21-38)10-12-24)25-5-2-6-26(19-25)35-28(39)7-3-8-29(40)41/h2,4-6,9-14,19,22,27,30-31,38H,3,7-8,15-18,20-21H2,1H3,(H,35,39)(H,40,41). The van der Waals surface area contributed by atoms with Gasteiger partial charge in [-0.2, -0.15) is 0 Å². The number of hydrogen-bond acceptors (Lipinski definition) is 9. The lowest BCUT2D eigenvalue weighted by Gasteiger charge is -2.44. The van der Waals surface area contributed by atoms with E-state index in [9.17, 15) is 14.7 Å². The van der Waals surface area contributed by atoms with Crippen molar-refractivity contribution in [3.63, 3.8) is 0 Å². The zero-order valence-electron chi connectivity index (χ0n) is 24.3. The number of amides is 1. The van der Waals surface area contributed by atoms with Crippen molar-refractivity contribution in [3.8, 4) is 0 Å². The minimum Gasteiger partial charge on any atom is -0.481 e. The molecule has 0 saturated carbocycles. The molecule has 3 aromatic rings. The van der Waals surface area contributed by atoms with Gasteiger partial charge in [-0.3, -0.25) is 14.5 Å². The van der Waals surface area contributed by atoms with Crippen molar-refractivity contribution in [2.24, 2.45) is 5.92 Å². The molecule has 4 unspecified atom stereocenters. The predicted molar refractivity (Wildman–Crippen MR) is 160 cm³/mol. The van der Waals surface area contributed by atoms with Gasteiger partial charge in [0.15, 0.2) is 6.29 Å². The lowest BCUT2D eigenvalue weighted by molar-refractivity contribution is -0.276. The van der Waals surface area contributed by atoms with E-state index in [-0.39, 0.29) is 49.9 Å². The highest BCUT2D eigenvalue weighted by molar-refractivity contribution is 5.90. The van der Waals surface area contributed by atoms with Crippen LogP contribution in [0.4, 0.5) is 11.6 Å². The second-order valence-corrected chi connectivity index (χ2v) is 11.1. The lowest BCUT2D eigenvalue weighted by atomic mass is 9.90. The molecule has 1 aromatic heterocycles. The van der Waals surface area contributed by atoms with Gasteiger partial charge in [-0.1, -0.05) is 43.3 Å².